The van der Waals surface area contributed by atoms with Crippen molar-refractivity contribution in [1.29, 1.82) is 0 Å². The van der Waals surface area contributed by atoms with Gasteiger partial charge in [0.25, 0.3) is 0 Å². The molecule has 21 heavy (non-hydrogen) atoms. The van der Waals surface area contributed by atoms with Gasteiger partial charge in [-0.05, 0) is 36.4 Å². The van der Waals surface area contributed by atoms with Crippen LogP contribution >= 0.6 is 11.3 Å². The van der Waals surface area contributed by atoms with E-state index in [1.807, 2.05) is 5.38 Å². The maximum absolute atomic E-state index is 12.1. The van der Waals surface area contributed by atoms with Gasteiger partial charge in [-0.15, -0.1) is 11.3 Å². The molecule has 122 valence electrons. The first-order chi connectivity index (χ1) is 10.1. The van der Waals surface area contributed by atoms with E-state index in [2.05, 4.69) is 23.9 Å². The molecule has 0 aliphatic heterocycles. The first-order valence-electron chi connectivity index (χ1n) is 7.45. The van der Waals surface area contributed by atoms with E-state index in [9.17, 15) is 8.42 Å². The molecule has 0 unspecified atom stereocenters. The summed E-state index contributed by atoms with van der Waals surface area (Å²) >= 11 is 1.26. The van der Waals surface area contributed by atoms with Crippen LogP contribution in [0.3, 0.4) is 0 Å². The average Bonchev–Trinajstić information content (AvgIpc) is 2.93. The highest BCUT2D eigenvalue weighted by Gasteiger charge is 2.15. The fourth-order valence-electron chi connectivity index (χ4n) is 1.66. The van der Waals surface area contributed by atoms with Gasteiger partial charge < -0.3 is 10.1 Å². The summed E-state index contributed by atoms with van der Waals surface area (Å²) in [7, 11) is -3.40. The van der Waals surface area contributed by atoms with E-state index in [4.69, 9.17) is 4.74 Å². The molecule has 1 aromatic rings. The lowest BCUT2D eigenvalue weighted by Crippen LogP contribution is -2.27. The van der Waals surface area contributed by atoms with Crippen LogP contribution in [0.1, 0.15) is 38.7 Å². The Bertz CT molecular complexity index is 486. The number of nitrogens with one attached hydrogen (secondary N) is 2. The lowest BCUT2D eigenvalue weighted by molar-refractivity contribution is 0.136. The number of hydrogen-bond acceptors (Lipinski definition) is 5. The Hall–Kier alpha value is -0.470. The number of ether oxygens (including phenoxy) is 1. The van der Waals surface area contributed by atoms with Crippen molar-refractivity contribution in [1.82, 2.24) is 10.0 Å². The van der Waals surface area contributed by atoms with E-state index in [1.165, 1.54) is 11.3 Å². The van der Waals surface area contributed by atoms with Crippen LogP contribution in [0, 0.1) is 0 Å². The molecular formula is C14H26N2O3S2. The predicted octanol–water partition coefficient (Wildman–Crippen LogP) is 2.34. The van der Waals surface area contributed by atoms with Gasteiger partial charge in [-0.1, -0.05) is 20.3 Å². The van der Waals surface area contributed by atoms with Gasteiger partial charge in [0.15, 0.2) is 0 Å². The second-order valence-electron chi connectivity index (χ2n) is 4.81. The third kappa shape index (κ3) is 7.37. The highest BCUT2D eigenvalue weighted by atomic mass is 32.2. The number of sulfonamides is 1. The Balaban J connectivity index is 2.36. The molecule has 0 aromatic carbocycles. The highest BCUT2D eigenvalue weighted by molar-refractivity contribution is 7.91. The summed E-state index contributed by atoms with van der Waals surface area (Å²) in [4.78, 5) is 0. The third-order valence-corrected chi connectivity index (χ3v) is 5.78. The van der Waals surface area contributed by atoms with Gasteiger partial charge in [0.05, 0.1) is 6.61 Å². The third-order valence-electron chi connectivity index (χ3n) is 2.83. The lowest BCUT2D eigenvalue weighted by atomic mass is 10.3. The Morgan fingerprint density at radius 3 is 2.71 bits per heavy atom. The minimum absolute atomic E-state index is 0.313. The first-order valence-corrected chi connectivity index (χ1v) is 9.82. The van der Waals surface area contributed by atoms with Crippen molar-refractivity contribution in [3.63, 3.8) is 0 Å². The SMILES string of the molecule is CCCCOCCNS(=O)(=O)c1cc(CNCCC)cs1. The van der Waals surface area contributed by atoms with Crippen molar-refractivity contribution in [2.45, 2.75) is 43.9 Å². The largest absolute Gasteiger partial charge is 0.380 e. The Kier molecular flexibility index (Phi) is 9.10. The molecule has 0 bridgehead atoms. The van der Waals surface area contributed by atoms with Gasteiger partial charge in [0.2, 0.25) is 10.0 Å². The van der Waals surface area contributed by atoms with Gasteiger partial charge in [0, 0.05) is 19.7 Å². The molecule has 0 amide bonds. The van der Waals surface area contributed by atoms with E-state index in [0.717, 1.165) is 31.4 Å². The van der Waals surface area contributed by atoms with Crippen LogP contribution in [0.2, 0.25) is 0 Å². The molecule has 5 nitrogen and oxygen atoms in total. The zero-order valence-electron chi connectivity index (χ0n) is 12.9. The van der Waals surface area contributed by atoms with Crippen molar-refractivity contribution < 1.29 is 13.2 Å². The molecule has 1 aromatic heterocycles. The van der Waals surface area contributed by atoms with Crippen LogP contribution in [0.4, 0.5) is 0 Å². The summed E-state index contributed by atoms with van der Waals surface area (Å²) in [5, 5.41) is 5.14. The van der Waals surface area contributed by atoms with E-state index < -0.39 is 10.0 Å². The molecule has 0 spiro atoms. The van der Waals surface area contributed by atoms with Crippen LogP contribution in [0.25, 0.3) is 0 Å². The van der Waals surface area contributed by atoms with Crippen LogP contribution in [0.15, 0.2) is 15.7 Å². The van der Waals surface area contributed by atoms with E-state index in [0.29, 0.717) is 30.5 Å². The quantitative estimate of drug-likeness (QED) is 0.576. The first kappa shape index (κ1) is 18.6. The molecule has 0 aliphatic rings. The summed E-state index contributed by atoms with van der Waals surface area (Å²) in [6, 6.07) is 1.73. The number of unbranched alkanes of at least 4 members (excludes halogenated alkanes) is 1. The highest BCUT2D eigenvalue weighted by Crippen LogP contribution is 2.19. The van der Waals surface area contributed by atoms with Crippen molar-refractivity contribution in [2.75, 3.05) is 26.3 Å². The zero-order chi connectivity index (χ0) is 15.6. The summed E-state index contributed by atoms with van der Waals surface area (Å²) in [6.07, 6.45) is 3.15. The van der Waals surface area contributed by atoms with Gasteiger partial charge in [-0.3, -0.25) is 0 Å². The normalized spacial score (nSPS) is 11.9. The fourth-order valence-corrected chi connectivity index (χ4v) is 3.93. The van der Waals surface area contributed by atoms with E-state index in [-0.39, 0.29) is 0 Å². The van der Waals surface area contributed by atoms with E-state index >= 15 is 0 Å². The number of hydrogen-bond donors (Lipinski definition) is 2. The molecule has 1 rings (SSSR count). The lowest BCUT2D eigenvalue weighted by Gasteiger charge is -2.05. The Morgan fingerprint density at radius 1 is 1.19 bits per heavy atom. The van der Waals surface area contributed by atoms with Crippen molar-refractivity contribution in [3.05, 3.63) is 17.0 Å². The standard InChI is InChI=1S/C14H26N2O3S2/c1-3-5-8-19-9-7-16-21(17,18)14-10-13(12-20-14)11-15-6-4-2/h10,12,15-16H,3-9,11H2,1-2H3. The second-order valence-corrected chi connectivity index (χ2v) is 7.72. The number of rotatable bonds is 12. The molecule has 1 heterocycles. The molecular weight excluding hydrogens is 308 g/mol. The molecule has 0 aliphatic carbocycles. The smallest absolute Gasteiger partial charge is 0.250 e. The van der Waals surface area contributed by atoms with Crippen LogP contribution in [-0.4, -0.2) is 34.7 Å². The van der Waals surface area contributed by atoms with E-state index in [1.54, 1.807) is 6.07 Å². The molecule has 2 N–H and O–H groups in total. The van der Waals surface area contributed by atoms with Crippen LogP contribution in [0.5, 0.6) is 0 Å². The van der Waals surface area contributed by atoms with Crippen molar-refractivity contribution in [2.24, 2.45) is 0 Å². The summed E-state index contributed by atoms with van der Waals surface area (Å²) in [5.74, 6) is 0. The molecule has 0 atom stereocenters. The maximum atomic E-state index is 12.1. The topological polar surface area (TPSA) is 67.4 Å². The minimum Gasteiger partial charge on any atom is -0.380 e. The van der Waals surface area contributed by atoms with Crippen LogP contribution < -0.4 is 10.0 Å². The van der Waals surface area contributed by atoms with Crippen molar-refractivity contribution >= 4 is 21.4 Å². The van der Waals surface area contributed by atoms with Gasteiger partial charge >= 0.3 is 0 Å². The zero-order valence-corrected chi connectivity index (χ0v) is 14.5. The van der Waals surface area contributed by atoms with Gasteiger partial charge in [-0.25, -0.2) is 13.1 Å². The average molecular weight is 335 g/mol. The van der Waals surface area contributed by atoms with Crippen LogP contribution in [-0.2, 0) is 21.3 Å². The molecule has 0 saturated carbocycles. The molecule has 0 radical (unpaired) electrons. The number of thiophene rings is 1. The minimum atomic E-state index is -3.40. The second kappa shape index (κ2) is 10.3. The summed E-state index contributed by atoms with van der Waals surface area (Å²) in [5.41, 5.74) is 1.01. The molecule has 0 saturated heterocycles. The fraction of sp³-hybridized carbons (Fsp3) is 0.714. The monoisotopic (exact) mass is 334 g/mol. The molecule has 0 fully saturated rings. The Labute approximate surface area is 132 Å². The van der Waals surface area contributed by atoms with Gasteiger partial charge in [0.1, 0.15) is 4.21 Å². The van der Waals surface area contributed by atoms with Gasteiger partial charge in [-0.2, -0.15) is 0 Å². The maximum Gasteiger partial charge on any atom is 0.250 e. The van der Waals surface area contributed by atoms with Crippen molar-refractivity contribution in [3.8, 4) is 0 Å². The predicted molar refractivity (Wildman–Crippen MR) is 87.2 cm³/mol. The summed E-state index contributed by atoms with van der Waals surface area (Å²) in [6.45, 7) is 7.25. The molecule has 7 heteroatoms. The summed E-state index contributed by atoms with van der Waals surface area (Å²) < 4.78 is 32.5. The Morgan fingerprint density at radius 2 is 2.00 bits per heavy atom.